The summed E-state index contributed by atoms with van der Waals surface area (Å²) < 4.78 is 63.1. The summed E-state index contributed by atoms with van der Waals surface area (Å²) in [4.78, 5) is 19.0. The molecule has 0 radical (unpaired) electrons. The molecule has 3 N–H and O–H groups in total. The highest BCUT2D eigenvalue weighted by Crippen LogP contribution is 2.68. The molecule has 2 aliphatic carbocycles. The predicted octanol–water partition coefficient (Wildman–Crippen LogP) is 8.62. The van der Waals surface area contributed by atoms with E-state index in [1.54, 1.807) is 43.0 Å². The first-order chi connectivity index (χ1) is 26.9. The Morgan fingerprint density at radius 3 is 2.53 bits per heavy atom. The standard InChI is InChI=1S/C41H39ClF4IN8O2/c1-20(18-48-5)49-39-34-30(42)10-9-27(37(34)54(6)53-39)26-8-7-25(11-12-40(3,4)57)50-36(26)31(15-22-13-23(43)16-24(44)14-22)51-32(56)19-55-38-33(35(52-55)21(2)47)28-17-29(28)41(38,45)46/h7-10,13-14,16,21,28-29,31,57H,1,15,17-19H2,2-6H3,(H,49,53)(H,51,56)/q-1/t21?,28-,29+,31-/m0/s1. The van der Waals surface area contributed by atoms with Crippen LogP contribution in [0.2, 0.25) is 5.02 Å². The van der Waals surface area contributed by atoms with Gasteiger partial charge in [-0.1, -0.05) is 52.8 Å². The quantitative estimate of drug-likeness (QED) is 0.0499. The number of amides is 1. The summed E-state index contributed by atoms with van der Waals surface area (Å²) in [7, 11) is 3.39. The lowest BCUT2D eigenvalue weighted by Gasteiger charge is -2.23. The third-order valence-corrected chi connectivity index (χ3v) is 10.9. The number of pyridine rings is 1. The van der Waals surface area contributed by atoms with Crippen LogP contribution in [0.5, 0.6) is 0 Å². The van der Waals surface area contributed by atoms with E-state index in [-0.39, 0.29) is 38.9 Å². The minimum Gasteiger partial charge on any atom is -0.660 e. The van der Waals surface area contributed by atoms with Crippen molar-refractivity contribution in [3.63, 3.8) is 0 Å². The van der Waals surface area contributed by atoms with Crippen LogP contribution in [-0.4, -0.2) is 54.8 Å². The molecule has 1 fully saturated rings. The number of carbonyl (C=O) groups excluding carboxylic acids is 1. The minimum absolute atomic E-state index is 0.161. The van der Waals surface area contributed by atoms with Gasteiger partial charge >= 0.3 is 0 Å². The third kappa shape index (κ3) is 8.14. The van der Waals surface area contributed by atoms with Crippen molar-refractivity contribution in [2.75, 3.05) is 18.9 Å². The first kappa shape index (κ1) is 40.7. The van der Waals surface area contributed by atoms with E-state index in [1.165, 1.54) is 13.8 Å². The highest BCUT2D eigenvalue weighted by Gasteiger charge is 2.66. The Morgan fingerprint density at radius 2 is 1.86 bits per heavy atom. The number of hydrogen-bond donors (Lipinski definition) is 3. The van der Waals surface area contributed by atoms with Gasteiger partial charge in [0, 0.05) is 35.7 Å². The van der Waals surface area contributed by atoms with Gasteiger partial charge in [0.15, 0.2) is 5.82 Å². The molecule has 1 amide bonds. The Balaban J connectivity index is 1.37. The molecular formula is C41H39ClF4IN8O2-. The summed E-state index contributed by atoms with van der Waals surface area (Å²) in [6.07, 6.45) is 0.211. The zero-order chi connectivity index (χ0) is 41.1. The number of aryl methyl sites for hydroxylation is 1. The Bertz CT molecular complexity index is 2480. The number of benzene rings is 2. The average Bonchev–Trinajstić information content (AvgIpc) is 3.65. The van der Waals surface area contributed by atoms with Crippen molar-refractivity contribution in [1.29, 1.82) is 0 Å². The summed E-state index contributed by atoms with van der Waals surface area (Å²) >= 11 is 8.92. The van der Waals surface area contributed by atoms with Crippen molar-refractivity contribution >= 4 is 56.8 Å². The first-order valence-corrected chi connectivity index (χ1v) is 19.8. The smallest absolute Gasteiger partial charge is 0.293 e. The lowest BCUT2D eigenvalue weighted by molar-refractivity contribution is -0.122. The Hall–Kier alpha value is -4.50. The van der Waals surface area contributed by atoms with E-state index < -0.39 is 47.6 Å². The predicted molar refractivity (Wildman–Crippen MR) is 219 cm³/mol. The fourth-order valence-electron chi connectivity index (χ4n) is 7.60. The topological polar surface area (TPSA) is 124 Å². The van der Waals surface area contributed by atoms with Crippen molar-refractivity contribution in [3.05, 3.63) is 111 Å². The van der Waals surface area contributed by atoms with Crippen LogP contribution in [0.1, 0.15) is 77.0 Å². The van der Waals surface area contributed by atoms with Crippen LogP contribution < -0.4 is 10.6 Å². The van der Waals surface area contributed by atoms with Crippen LogP contribution in [-0.2, 0) is 30.7 Å². The highest BCUT2D eigenvalue weighted by atomic mass is 127. The number of alkyl halides is 3. The van der Waals surface area contributed by atoms with E-state index in [1.807, 2.05) is 6.92 Å². The van der Waals surface area contributed by atoms with E-state index in [2.05, 4.69) is 67.2 Å². The van der Waals surface area contributed by atoms with Crippen LogP contribution in [0.25, 0.3) is 27.3 Å². The number of nitrogens with zero attached hydrogens (tertiary/aromatic N) is 6. The molecule has 1 unspecified atom stereocenters. The van der Waals surface area contributed by atoms with E-state index in [0.717, 1.165) is 22.9 Å². The SMILES string of the molecule is C=C(C[N-]C)Nc1nn(C)c2c(-c3ccc(C#CC(C)(C)O)nc3[C@H](Cc3cc(F)cc(F)c3)NC(=O)Cn3nc(C(C)I)c4c3C(F)(F)[C@@H]3C[C@H]43)ccc(Cl)c12. The summed E-state index contributed by atoms with van der Waals surface area (Å²) in [6, 6.07) is 8.78. The number of carbonyl (C=O) groups is 1. The van der Waals surface area contributed by atoms with Gasteiger partial charge in [-0.25, -0.2) is 13.8 Å². The van der Waals surface area contributed by atoms with Gasteiger partial charge in [-0.15, -0.1) is 6.54 Å². The van der Waals surface area contributed by atoms with Crippen LogP contribution in [0, 0.1) is 29.4 Å². The Kier molecular flexibility index (Phi) is 11.0. The van der Waals surface area contributed by atoms with Gasteiger partial charge in [0.2, 0.25) is 5.91 Å². The molecule has 7 rings (SSSR count). The maximum Gasteiger partial charge on any atom is 0.293 e. The number of aliphatic hydroxyl groups is 1. The van der Waals surface area contributed by atoms with Crippen molar-refractivity contribution in [1.82, 2.24) is 29.9 Å². The van der Waals surface area contributed by atoms with E-state index >= 15 is 8.78 Å². The number of fused-ring (bicyclic) bond motifs is 4. The van der Waals surface area contributed by atoms with Gasteiger partial charge in [-0.2, -0.15) is 26.0 Å². The fourth-order valence-corrected chi connectivity index (χ4v) is 8.30. The summed E-state index contributed by atoms with van der Waals surface area (Å²) in [5.41, 5.74) is 2.31. The van der Waals surface area contributed by atoms with Gasteiger partial charge < -0.3 is 21.1 Å². The van der Waals surface area contributed by atoms with Gasteiger partial charge in [-0.3, -0.25) is 14.2 Å². The molecule has 0 aliphatic heterocycles. The Labute approximate surface area is 345 Å². The fraction of sp³-hybridized carbons (Fsp3) is 0.366. The number of hydrogen-bond acceptors (Lipinski definition) is 6. The summed E-state index contributed by atoms with van der Waals surface area (Å²) in [5.74, 6) is -0.541. The summed E-state index contributed by atoms with van der Waals surface area (Å²) in [6.45, 7) is 8.70. The molecule has 0 spiro atoms. The minimum atomic E-state index is -3.15. The van der Waals surface area contributed by atoms with Crippen LogP contribution in [0.3, 0.4) is 0 Å². The van der Waals surface area contributed by atoms with E-state index in [0.29, 0.717) is 62.8 Å². The van der Waals surface area contributed by atoms with Crippen LogP contribution in [0.4, 0.5) is 23.4 Å². The molecule has 2 aromatic carbocycles. The molecule has 0 saturated heterocycles. The molecule has 16 heteroatoms. The largest absolute Gasteiger partial charge is 0.660 e. The van der Waals surface area contributed by atoms with Crippen LogP contribution in [0.15, 0.2) is 54.7 Å². The number of halogens is 6. The van der Waals surface area contributed by atoms with Gasteiger partial charge in [0.05, 0.1) is 37.3 Å². The number of likely N-dealkylation sites (N-methyl/N-ethyl adjacent to an activating group) is 1. The molecule has 298 valence electrons. The monoisotopic (exact) mass is 913 g/mol. The zero-order valence-corrected chi connectivity index (χ0v) is 34.6. The highest BCUT2D eigenvalue weighted by molar-refractivity contribution is 14.1. The lowest BCUT2D eigenvalue weighted by atomic mass is 9.93. The maximum absolute atomic E-state index is 15.7. The van der Waals surface area contributed by atoms with Crippen molar-refractivity contribution in [3.8, 4) is 23.0 Å². The normalized spacial score (nSPS) is 17.7. The number of anilines is 1. The lowest BCUT2D eigenvalue weighted by Crippen LogP contribution is -2.35. The van der Waals surface area contributed by atoms with E-state index in [9.17, 15) is 18.7 Å². The van der Waals surface area contributed by atoms with Crippen molar-refractivity contribution in [2.24, 2.45) is 13.0 Å². The second-order valence-electron chi connectivity index (χ2n) is 15.0. The van der Waals surface area contributed by atoms with Gasteiger partial charge in [0.1, 0.15) is 35.2 Å². The second kappa shape index (κ2) is 15.3. The molecule has 1 saturated carbocycles. The number of nitrogens with one attached hydrogen (secondary N) is 2. The second-order valence-corrected chi connectivity index (χ2v) is 17.3. The van der Waals surface area contributed by atoms with Gasteiger partial charge in [0.25, 0.3) is 5.92 Å². The zero-order valence-electron chi connectivity index (χ0n) is 31.7. The molecular weight excluding hydrogens is 875 g/mol. The molecule has 5 aromatic rings. The maximum atomic E-state index is 15.7. The van der Waals surface area contributed by atoms with Crippen LogP contribution >= 0.6 is 34.2 Å². The molecule has 3 heterocycles. The first-order valence-electron chi connectivity index (χ1n) is 18.2. The number of aromatic nitrogens is 5. The number of rotatable bonds is 12. The molecule has 3 aromatic heterocycles. The molecule has 10 nitrogen and oxygen atoms in total. The van der Waals surface area contributed by atoms with E-state index in [4.69, 9.17) is 16.6 Å². The molecule has 0 bridgehead atoms. The molecule has 4 atom stereocenters. The van der Waals surface area contributed by atoms with Crippen molar-refractivity contribution < 1.29 is 27.5 Å². The summed E-state index contributed by atoms with van der Waals surface area (Å²) in [5, 5.41) is 30.8. The van der Waals surface area contributed by atoms with Crippen molar-refractivity contribution in [2.45, 2.75) is 67.6 Å². The Morgan fingerprint density at radius 1 is 1.16 bits per heavy atom. The molecule has 57 heavy (non-hydrogen) atoms. The van der Waals surface area contributed by atoms with Gasteiger partial charge in [-0.05, 0) is 87.0 Å². The third-order valence-electron chi connectivity index (χ3n) is 9.95. The average molecular weight is 914 g/mol. The molecule has 2 aliphatic rings.